The van der Waals surface area contributed by atoms with Crippen LogP contribution in [0.5, 0.6) is 0 Å². The number of halogens is 1. The quantitative estimate of drug-likeness (QED) is 0.860. The fraction of sp³-hybridized carbons (Fsp3) is 0.286. The topological polar surface area (TPSA) is 29.3 Å². The molecule has 1 aromatic carbocycles. The maximum atomic E-state index is 5.83. The SMILES string of the molecule is Cc1cc(CN(C)Cc2cc(Br)cs2)ccc1N. The highest BCUT2D eigenvalue weighted by Gasteiger charge is 2.05. The zero-order valence-electron chi connectivity index (χ0n) is 10.6. The number of aryl methyl sites for hydroxylation is 1. The highest BCUT2D eigenvalue weighted by Crippen LogP contribution is 2.21. The zero-order chi connectivity index (χ0) is 13.1. The van der Waals surface area contributed by atoms with Crippen molar-refractivity contribution < 1.29 is 0 Å². The van der Waals surface area contributed by atoms with E-state index in [0.29, 0.717) is 0 Å². The number of benzene rings is 1. The van der Waals surface area contributed by atoms with Gasteiger partial charge in [0, 0.05) is 33.5 Å². The number of anilines is 1. The van der Waals surface area contributed by atoms with Crippen LogP contribution in [0, 0.1) is 6.92 Å². The molecule has 0 saturated carbocycles. The predicted octanol–water partition coefficient (Wildman–Crippen LogP) is 4.03. The summed E-state index contributed by atoms with van der Waals surface area (Å²) >= 11 is 5.27. The van der Waals surface area contributed by atoms with E-state index in [1.807, 2.05) is 6.07 Å². The molecule has 0 radical (unpaired) electrons. The molecule has 0 spiro atoms. The van der Waals surface area contributed by atoms with E-state index in [2.05, 4.69) is 58.4 Å². The molecule has 0 atom stereocenters. The molecule has 2 rings (SSSR count). The summed E-state index contributed by atoms with van der Waals surface area (Å²) in [5.41, 5.74) is 9.15. The van der Waals surface area contributed by atoms with Gasteiger partial charge in [0.15, 0.2) is 0 Å². The molecule has 1 aromatic heterocycles. The fourth-order valence-electron chi connectivity index (χ4n) is 1.91. The van der Waals surface area contributed by atoms with Crippen molar-refractivity contribution in [2.75, 3.05) is 12.8 Å². The highest BCUT2D eigenvalue weighted by molar-refractivity contribution is 9.10. The molecular formula is C14H17BrN2S. The molecule has 0 amide bonds. The van der Waals surface area contributed by atoms with Crippen LogP contribution in [-0.2, 0) is 13.1 Å². The van der Waals surface area contributed by atoms with Crippen molar-refractivity contribution in [2.45, 2.75) is 20.0 Å². The summed E-state index contributed by atoms with van der Waals surface area (Å²) in [4.78, 5) is 3.68. The fourth-order valence-corrected chi connectivity index (χ4v) is 3.44. The third kappa shape index (κ3) is 3.57. The van der Waals surface area contributed by atoms with Crippen LogP contribution >= 0.6 is 27.3 Å². The van der Waals surface area contributed by atoms with Crippen LogP contribution in [0.2, 0.25) is 0 Å². The molecule has 0 bridgehead atoms. The van der Waals surface area contributed by atoms with E-state index in [1.165, 1.54) is 14.9 Å². The first-order valence-electron chi connectivity index (χ1n) is 5.81. The normalized spacial score (nSPS) is 11.1. The number of thiophene rings is 1. The van der Waals surface area contributed by atoms with Gasteiger partial charge >= 0.3 is 0 Å². The number of hydrogen-bond donors (Lipinski definition) is 1. The third-order valence-corrected chi connectivity index (χ3v) is 4.52. The predicted molar refractivity (Wildman–Crippen MR) is 82.8 cm³/mol. The van der Waals surface area contributed by atoms with Crippen LogP contribution in [0.25, 0.3) is 0 Å². The van der Waals surface area contributed by atoms with E-state index in [9.17, 15) is 0 Å². The van der Waals surface area contributed by atoms with E-state index >= 15 is 0 Å². The van der Waals surface area contributed by atoms with Crippen molar-refractivity contribution in [3.05, 3.63) is 50.1 Å². The van der Waals surface area contributed by atoms with Crippen molar-refractivity contribution in [1.29, 1.82) is 0 Å². The lowest BCUT2D eigenvalue weighted by molar-refractivity contribution is 0.322. The molecule has 2 aromatic rings. The van der Waals surface area contributed by atoms with Crippen LogP contribution in [0.1, 0.15) is 16.0 Å². The minimum Gasteiger partial charge on any atom is -0.399 e. The molecule has 0 unspecified atom stereocenters. The molecule has 2 nitrogen and oxygen atoms in total. The van der Waals surface area contributed by atoms with E-state index in [0.717, 1.165) is 24.3 Å². The Morgan fingerprint density at radius 3 is 2.67 bits per heavy atom. The first-order chi connectivity index (χ1) is 8.54. The Morgan fingerprint density at radius 1 is 1.28 bits per heavy atom. The van der Waals surface area contributed by atoms with Crippen LogP contribution in [0.3, 0.4) is 0 Å². The van der Waals surface area contributed by atoms with Gasteiger partial charge in [-0.2, -0.15) is 0 Å². The van der Waals surface area contributed by atoms with Crippen LogP contribution in [0.4, 0.5) is 5.69 Å². The number of nitrogens with two attached hydrogens (primary N) is 1. The average molecular weight is 325 g/mol. The highest BCUT2D eigenvalue weighted by atomic mass is 79.9. The smallest absolute Gasteiger partial charge is 0.0343 e. The lowest BCUT2D eigenvalue weighted by Crippen LogP contribution is -2.16. The first-order valence-corrected chi connectivity index (χ1v) is 7.48. The van der Waals surface area contributed by atoms with Crippen molar-refractivity contribution in [3.8, 4) is 0 Å². The van der Waals surface area contributed by atoms with Gasteiger partial charge in [0.1, 0.15) is 0 Å². The summed E-state index contributed by atoms with van der Waals surface area (Å²) < 4.78 is 1.17. The molecule has 0 aliphatic rings. The average Bonchev–Trinajstić information content (AvgIpc) is 2.69. The van der Waals surface area contributed by atoms with Crippen LogP contribution in [-0.4, -0.2) is 11.9 Å². The summed E-state index contributed by atoms with van der Waals surface area (Å²) in [5.74, 6) is 0. The largest absolute Gasteiger partial charge is 0.399 e. The summed E-state index contributed by atoms with van der Waals surface area (Å²) in [6.45, 7) is 3.96. The maximum absolute atomic E-state index is 5.83. The van der Waals surface area contributed by atoms with E-state index in [-0.39, 0.29) is 0 Å². The van der Waals surface area contributed by atoms with Gasteiger partial charge in [0.25, 0.3) is 0 Å². The van der Waals surface area contributed by atoms with Gasteiger partial charge < -0.3 is 5.73 Å². The second-order valence-electron chi connectivity index (χ2n) is 4.59. The van der Waals surface area contributed by atoms with Crippen LogP contribution < -0.4 is 5.73 Å². The summed E-state index contributed by atoms with van der Waals surface area (Å²) in [6, 6.07) is 8.43. The summed E-state index contributed by atoms with van der Waals surface area (Å²) in [6.07, 6.45) is 0. The van der Waals surface area contributed by atoms with Gasteiger partial charge in [-0.25, -0.2) is 0 Å². The number of hydrogen-bond acceptors (Lipinski definition) is 3. The van der Waals surface area contributed by atoms with Crippen molar-refractivity contribution in [1.82, 2.24) is 4.90 Å². The van der Waals surface area contributed by atoms with Crippen molar-refractivity contribution in [3.63, 3.8) is 0 Å². The number of nitrogens with zero attached hydrogens (tertiary/aromatic N) is 1. The monoisotopic (exact) mass is 324 g/mol. The lowest BCUT2D eigenvalue weighted by Gasteiger charge is -2.16. The molecular weight excluding hydrogens is 308 g/mol. The molecule has 0 aliphatic heterocycles. The molecule has 18 heavy (non-hydrogen) atoms. The molecule has 0 fully saturated rings. The van der Waals surface area contributed by atoms with Gasteiger partial charge in [-0.1, -0.05) is 12.1 Å². The molecule has 1 heterocycles. The van der Waals surface area contributed by atoms with E-state index in [1.54, 1.807) is 11.3 Å². The number of nitrogen functional groups attached to an aromatic ring is 1. The maximum Gasteiger partial charge on any atom is 0.0343 e. The molecule has 4 heteroatoms. The van der Waals surface area contributed by atoms with Gasteiger partial charge in [0.05, 0.1) is 0 Å². The molecule has 96 valence electrons. The third-order valence-electron chi connectivity index (χ3n) is 2.83. The Balaban J connectivity index is 1.98. The van der Waals surface area contributed by atoms with E-state index < -0.39 is 0 Å². The Hall–Kier alpha value is -0.840. The van der Waals surface area contributed by atoms with Crippen LogP contribution in [0.15, 0.2) is 34.1 Å². The number of rotatable bonds is 4. The van der Waals surface area contributed by atoms with Crippen molar-refractivity contribution in [2.24, 2.45) is 0 Å². The first kappa shape index (κ1) is 13.6. The minimum absolute atomic E-state index is 0.864. The summed E-state index contributed by atoms with van der Waals surface area (Å²) in [7, 11) is 2.14. The van der Waals surface area contributed by atoms with Gasteiger partial charge in [-0.15, -0.1) is 11.3 Å². The minimum atomic E-state index is 0.864. The van der Waals surface area contributed by atoms with Crippen molar-refractivity contribution >= 4 is 33.0 Å². The lowest BCUT2D eigenvalue weighted by atomic mass is 10.1. The summed E-state index contributed by atoms with van der Waals surface area (Å²) in [5, 5.41) is 2.12. The molecule has 0 saturated heterocycles. The second kappa shape index (κ2) is 5.87. The Labute approximate surface area is 121 Å². The zero-order valence-corrected chi connectivity index (χ0v) is 13.0. The van der Waals surface area contributed by atoms with Gasteiger partial charge in [-0.05, 0) is 53.2 Å². The Bertz CT molecular complexity index is 536. The Kier molecular flexibility index (Phi) is 4.43. The molecule has 2 N–H and O–H groups in total. The molecule has 0 aliphatic carbocycles. The van der Waals surface area contributed by atoms with Gasteiger partial charge in [0.2, 0.25) is 0 Å². The van der Waals surface area contributed by atoms with Gasteiger partial charge in [-0.3, -0.25) is 4.90 Å². The standard InChI is InChI=1S/C14H17BrN2S/c1-10-5-11(3-4-14(10)16)7-17(2)8-13-6-12(15)9-18-13/h3-6,9H,7-8,16H2,1-2H3. The second-order valence-corrected chi connectivity index (χ2v) is 6.51. The Morgan fingerprint density at radius 2 is 2.06 bits per heavy atom. The van der Waals surface area contributed by atoms with E-state index in [4.69, 9.17) is 5.73 Å².